The summed E-state index contributed by atoms with van der Waals surface area (Å²) in [6.45, 7) is 1.83. The normalized spacial score (nSPS) is 26.1. The van der Waals surface area contributed by atoms with E-state index in [1.165, 1.54) is 0 Å². The molecule has 0 bridgehead atoms. The first-order valence-electron chi connectivity index (χ1n) is 5.63. The van der Waals surface area contributed by atoms with Crippen molar-refractivity contribution >= 4 is 9.84 Å². The molecular weight excluding hydrogens is 228 g/mol. The molecule has 1 aliphatic heterocycles. The first kappa shape index (κ1) is 13.9. The number of likely N-dealkylation sites (N-methyl/N-ethyl adjacent to an activating group) is 1. The number of aliphatic hydroxyl groups excluding tert-OH is 1. The van der Waals surface area contributed by atoms with Crippen LogP contribution in [-0.2, 0) is 9.84 Å². The molecule has 0 amide bonds. The molecule has 0 aromatic carbocycles. The van der Waals surface area contributed by atoms with Crippen LogP contribution in [0.15, 0.2) is 0 Å². The molecule has 0 aromatic rings. The lowest BCUT2D eigenvalue weighted by Gasteiger charge is -2.17. The van der Waals surface area contributed by atoms with Gasteiger partial charge in [-0.05, 0) is 33.0 Å². The predicted molar refractivity (Wildman–Crippen MR) is 64.2 cm³/mol. The topological polar surface area (TPSA) is 69.6 Å². The highest BCUT2D eigenvalue weighted by molar-refractivity contribution is 7.91. The van der Waals surface area contributed by atoms with Gasteiger partial charge in [0.25, 0.3) is 0 Å². The highest BCUT2D eigenvalue weighted by atomic mass is 32.2. The van der Waals surface area contributed by atoms with Crippen LogP contribution in [0.5, 0.6) is 0 Å². The molecule has 0 aromatic heterocycles. The number of hydrogen-bond acceptors (Lipinski definition) is 5. The Morgan fingerprint density at radius 2 is 2.19 bits per heavy atom. The fourth-order valence-electron chi connectivity index (χ4n) is 1.97. The van der Waals surface area contributed by atoms with Gasteiger partial charge in [-0.1, -0.05) is 0 Å². The predicted octanol–water partition coefficient (Wildman–Crippen LogP) is -1.07. The summed E-state index contributed by atoms with van der Waals surface area (Å²) in [5.41, 5.74) is 0. The lowest BCUT2D eigenvalue weighted by molar-refractivity contribution is 0.134. The molecule has 6 heteroatoms. The maximum atomic E-state index is 11.2. The van der Waals surface area contributed by atoms with Crippen LogP contribution in [-0.4, -0.2) is 69.8 Å². The van der Waals surface area contributed by atoms with Gasteiger partial charge in [0.05, 0.1) is 17.6 Å². The van der Waals surface area contributed by atoms with Crippen LogP contribution >= 0.6 is 0 Å². The summed E-state index contributed by atoms with van der Waals surface area (Å²) in [6.07, 6.45) is 0.354. The van der Waals surface area contributed by atoms with Crippen LogP contribution in [0.3, 0.4) is 0 Å². The Labute approximate surface area is 97.7 Å². The minimum Gasteiger partial charge on any atom is -0.390 e. The van der Waals surface area contributed by atoms with Crippen LogP contribution < -0.4 is 5.32 Å². The third-order valence-electron chi connectivity index (χ3n) is 2.72. The quantitative estimate of drug-likeness (QED) is 0.628. The zero-order valence-electron chi connectivity index (χ0n) is 10.0. The maximum Gasteiger partial charge on any atom is 0.150 e. The Bertz CT molecular complexity index is 303. The third kappa shape index (κ3) is 5.25. The summed E-state index contributed by atoms with van der Waals surface area (Å²) in [5, 5.41) is 12.7. The molecule has 0 spiro atoms. The maximum absolute atomic E-state index is 11.2. The van der Waals surface area contributed by atoms with Gasteiger partial charge in [-0.3, -0.25) is 0 Å². The molecule has 96 valence electrons. The molecule has 1 saturated heterocycles. The molecule has 1 rings (SSSR count). The zero-order valence-corrected chi connectivity index (χ0v) is 10.8. The van der Waals surface area contributed by atoms with E-state index in [9.17, 15) is 13.5 Å². The lowest BCUT2D eigenvalue weighted by atomic mass is 10.1. The number of rotatable bonds is 6. The molecule has 2 N–H and O–H groups in total. The number of hydrogen-bond donors (Lipinski definition) is 2. The molecular formula is C10H22N2O3S. The number of nitrogens with zero attached hydrogens (tertiary/aromatic N) is 1. The molecule has 2 atom stereocenters. The van der Waals surface area contributed by atoms with Gasteiger partial charge in [0.2, 0.25) is 0 Å². The third-order valence-corrected chi connectivity index (χ3v) is 4.55. The van der Waals surface area contributed by atoms with Crippen LogP contribution in [0.2, 0.25) is 0 Å². The van der Waals surface area contributed by atoms with Crippen molar-refractivity contribution in [3.8, 4) is 0 Å². The fraction of sp³-hybridized carbons (Fsp3) is 1.00. The van der Waals surface area contributed by atoms with Gasteiger partial charge in [-0.2, -0.15) is 0 Å². The van der Waals surface area contributed by atoms with Crippen molar-refractivity contribution in [1.82, 2.24) is 10.2 Å². The smallest absolute Gasteiger partial charge is 0.150 e. The summed E-state index contributed by atoms with van der Waals surface area (Å²) in [4.78, 5) is 1.92. The van der Waals surface area contributed by atoms with Crippen LogP contribution in [0.1, 0.15) is 6.42 Å². The van der Waals surface area contributed by atoms with E-state index in [-0.39, 0.29) is 5.92 Å². The van der Waals surface area contributed by atoms with E-state index in [4.69, 9.17) is 0 Å². The van der Waals surface area contributed by atoms with E-state index in [0.717, 1.165) is 6.42 Å². The minimum absolute atomic E-state index is 0.219. The first-order valence-corrected chi connectivity index (χ1v) is 7.45. The highest BCUT2D eigenvalue weighted by Crippen LogP contribution is 2.17. The van der Waals surface area contributed by atoms with Gasteiger partial charge in [-0.15, -0.1) is 0 Å². The fourth-order valence-corrected chi connectivity index (χ4v) is 3.83. The molecule has 0 radical (unpaired) electrons. The lowest BCUT2D eigenvalue weighted by Crippen LogP contribution is -2.37. The van der Waals surface area contributed by atoms with E-state index in [1.54, 1.807) is 0 Å². The molecule has 5 nitrogen and oxygen atoms in total. The molecule has 1 fully saturated rings. The van der Waals surface area contributed by atoms with Gasteiger partial charge < -0.3 is 15.3 Å². The Hall–Kier alpha value is -0.170. The van der Waals surface area contributed by atoms with Gasteiger partial charge in [-0.25, -0.2) is 8.42 Å². The Morgan fingerprint density at radius 3 is 2.69 bits per heavy atom. The standard InChI is InChI=1S/C10H22N2O3S/c1-12(2)7-10(13)6-11-5-9-3-4-16(14,15)8-9/h9-11,13H,3-8H2,1-2H3. The Morgan fingerprint density at radius 1 is 1.50 bits per heavy atom. The monoisotopic (exact) mass is 250 g/mol. The van der Waals surface area contributed by atoms with Gasteiger partial charge >= 0.3 is 0 Å². The average Bonchev–Trinajstić information content (AvgIpc) is 2.44. The van der Waals surface area contributed by atoms with E-state index < -0.39 is 15.9 Å². The van der Waals surface area contributed by atoms with Crippen molar-refractivity contribution in [2.45, 2.75) is 12.5 Å². The van der Waals surface area contributed by atoms with Crippen molar-refractivity contribution in [3.05, 3.63) is 0 Å². The van der Waals surface area contributed by atoms with Crippen LogP contribution in [0, 0.1) is 5.92 Å². The van der Waals surface area contributed by atoms with E-state index in [2.05, 4.69) is 5.32 Å². The molecule has 2 unspecified atom stereocenters. The van der Waals surface area contributed by atoms with Gasteiger partial charge in [0.1, 0.15) is 0 Å². The second-order valence-corrected chi connectivity index (χ2v) is 7.07. The molecule has 0 aliphatic carbocycles. The number of sulfone groups is 1. The first-order chi connectivity index (χ1) is 7.39. The van der Waals surface area contributed by atoms with E-state index >= 15 is 0 Å². The Balaban J connectivity index is 2.12. The zero-order chi connectivity index (χ0) is 12.2. The molecule has 1 heterocycles. The van der Waals surface area contributed by atoms with Crippen molar-refractivity contribution in [3.63, 3.8) is 0 Å². The van der Waals surface area contributed by atoms with Crippen molar-refractivity contribution in [1.29, 1.82) is 0 Å². The van der Waals surface area contributed by atoms with Gasteiger partial charge in [0, 0.05) is 13.1 Å². The summed E-state index contributed by atoms with van der Waals surface area (Å²) < 4.78 is 22.4. The molecule has 1 aliphatic rings. The summed E-state index contributed by atoms with van der Waals surface area (Å²) in [7, 11) is 1.04. The summed E-state index contributed by atoms with van der Waals surface area (Å²) in [5.74, 6) is 0.833. The number of nitrogens with one attached hydrogen (secondary N) is 1. The van der Waals surface area contributed by atoms with E-state index in [1.807, 2.05) is 19.0 Å². The molecule has 0 saturated carbocycles. The van der Waals surface area contributed by atoms with Crippen molar-refractivity contribution in [2.75, 3.05) is 45.2 Å². The second kappa shape index (κ2) is 5.95. The van der Waals surface area contributed by atoms with Crippen molar-refractivity contribution < 1.29 is 13.5 Å². The van der Waals surface area contributed by atoms with E-state index in [0.29, 0.717) is 31.1 Å². The van der Waals surface area contributed by atoms with Crippen molar-refractivity contribution in [2.24, 2.45) is 5.92 Å². The van der Waals surface area contributed by atoms with Crippen LogP contribution in [0.25, 0.3) is 0 Å². The highest BCUT2D eigenvalue weighted by Gasteiger charge is 2.27. The largest absolute Gasteiger partial charge is 0.390 e. The second-order valence-electron chi connectivity index (χ2n) is 4.84. The summed E-state index contributed by atoms with van der Waals surface area (Å²) in [6, 6.07) is 0. The van der Waals surface area contributed by atoms with Gasteiger partial charge in [0.15, 0.2) is 9.84 Å². The average molecular weight is 250 g/mol. The minimum atomic E-state index is -2.78. The SMILES string of the molecule is CN(C)CC(O)CNCC1CCS(=O)(=O)C1. The summed E-state index contributed by atoms with van der Waals surface area (Å²) >= 11 is 0. The Kier molecular flexibility index (Phi) is 5.17. The number of aliphatic hydroxyl groups is 1. The van der Waals surface area contributed by atoms with Crippen LogP contribution in [0.4, 0.5) is 0 Å². The molecule has 16 heavy (non-hydrogen) atoms.